The number of aryl methyl sites for hydroxylation is 1. The molecule has 0 bridgehead atoms. The molecule has 3 nitrogen and oxygen atoms in total. The molecule has 2 N–H and O–H groups in total. The van der Waals surface area contributed by atoms with Crippen molar-refractivity contribution in [1.82, 2.24) is 10.7 Å². The molecule has 114 valence electrons. The lowest BCUT2D eigenvalue weighted by Crippen LogP contribution is -2.33. The summed E-state index contributed by atoms with van der Waals surface area (Å²) >= 11 is 5.19. The molecular weight excluding hydrogens is 290 g/mol. The summed E-state index contributed by atoms with van der Waals surface area (Å²) < 4.78 is 0. The number of benzene rings is 2. The standard InChI is InChI=1S/C18H21N3S/c1-2-15-8-10-17(11-9-15)14-20-21-18(22)19-13-12-16-6-4-3-5-7-16/h3-11,14H,2,12-13H2,1H3,(H2,19,21,22)/b20-14+. The molecule has 0 aromatic heterocycles. The van der Waals surface area contributed by atoms with Crippen LogP contribution in [0, 0.1) is 0 Å². The van der Waals surface area contributed by atoms with Gasteiger partial charge in [-0.3, -0.25) is 5.43 Å². The summed E-state index contributed by atoms with van der Waals surface area (Å²) in [5.74, 6) is 0. The van der Waals surface area contributed by atoms with Crippen molar-refractivity contribution in [3.8, 4) is 0 Å². The fraction of sp³-hybridized carbons (Fsp3) is 0.222. The highest BCUT2D eigenvalue weighted by Gasteiger charge is 1.95. The van der Waals surface area contributed by atoms with Gasteiger partial charge < -0.3 is 5.32 Å². The summed E-state index contributed by atoms with van der Waals surface area (Å²) in [5.41, 5.74) is 6.50. The average molecular weight is 311 g/mol. The molecule has 0 unspecified atom stereocenters. The van der Waals surface area contributed by atoms with Crippen LogP contribution in [-0.2, 0) is 12.8 Å². The minimum absolute atomic E-state index is 0.539. The SMILES string of the molecule is CCc1ccc(/C=N/NC(=S)NCCc2ccccc2)cc1. The van der Waals surface area contributed by atoms with Crippen LogP contribution < -0.4 is 10.7 Å². The van der Waals surface area contributed by atoms with Crippen LogP contribution in [0.4, 0.5) is 0 Å². The third kappa shape index (κ3) is 5.66. The van der Waals surface area contributed by atoms with Gasteiger partial charge >= 0.3 is 0 Å². The van der Waals surface area contributed by atoms with Crippen LogP contribution in [0.5, 0.6) is 0 Å². The summed E-state index contributed by atoms with van der Waals surface area (Å²) in [6, 6.07) is 18.6. The van der Waals surface area contributed by atoms with E-state index < -0.39 is 0 Å². The second-order valence-electron chi connectivity index (χ2n) is 4.96. The highest BCUT2D eigenvalue weighted by Crippen LogP contribution is 2.02. The Morgan fingerprint density at radius 2 is 1.77 bits per heavy atom. The normalized spacial score (nSPS) is 10.6. The van der Waals surface area contributed by atoms with Crippen LogP contribution in [0.15, 0.2) is 59.7 Å². The number of hydrogen-bond acceptors (Lipinski definition) is 2. The van der Waals surface area contributed by atoms with Crippen molar-refractivity contribution in [3.05, 3.63) is 71.3 Å². The highest BCUT2D eigenvalue weighted by molar-refractivity contribution is 7.80. The predicted molar refractivity (Wildman–Crippen MR) is 97.3 cm³/mol. The van der Waals surface area contributed by atoms with Crippen LogP contribution in [0.25, 0.3) is 0 Å². The Labute approximate surface area is 137 Å². The maximum Gasteiger partial charge on any atom is 0.186 e. The van der Waals surface area contributed by atoms with Crippen LogP contribution in [0.2, 0.25) is 0 Å². The van der Waals surface area contributed by atoms with E-state index in [1.807, 2.05) is 18.2 Å². The lowest BCUT2D eigenvalue weighted by Gasteiger charge is -2.06. The van der Waals surface area contributed by atoms with Crippen LogP contribution in [0.3, 0.4) is 0 Å². The number of hydrazone groups is 1. The fourth-order valence-corrected chi connectivity index (χ4v) is 2.16. The third-order valence-corrected chi connectivity index (χ3v) is 3.55. The van der Waals surface area contributed by atoms with Crippen molar-refractivity contribution in [2.75, 3.05) is 6.54 Å². The van der Waals surface area contributed by atoms with Gasteiger partial charge in [0.1, 0.15) is 0 Å². The molecular formula is C18H21N3S. The molecule has 0 radical (unpaired) electrons. The summed E-state index contributed by atoms with van der Waals surface area (Å²) in [6.45, 7) is 2.93. The molecule has 4 heteroatoms. The zero-order chi connectivity index (χ0) is 15.6. The first kappa shape index (κ1) is 16.2. The second-order valence-corrected chi connectivity index (χ2v) is 5.36. The first-order chi connectivity index (χ1) is 10.8. The average Bonchev–Trinajstić information content (AvgIpc) is 2.56. The molecule has 2 aromatic carbocycles. The molecule has 0 aliphatic heterocycles. The monoisotopic (exact) mass is 311 g/mol. The van der Waals surface area contributed by atoms with Gasteiger partial charge in [0, 0.05) is 6.54 Å². The van der Waals surface area contributed by atoms with E-state index in [2.05, 4.69) is 59.2 Å². The number of hydrogen-bond donors (Lipinski definition) is 2. The van der Waals surface area contributed by atoms with E-state index in [1.54, 1.807) is 6.21 Å². The van der Waals surface area contributed by atoms with Crippen molar-refractivity contribution in [2.45, 2.75) is 19.8 Å². The Morgan fingerprint density at radius 1 is 1.05 bits per heavy atom. The number of nitrogens with one attached hydrogen (secondary N) is 2. The Morgan fingerprint density at radius 3 is 2.45 bits per heavy atom. The quantitative estimate of drug-likeness (QED) is 0.488. The van der Waals surface area contributed by atoms with Gasteiger partial charge in [-0.05, 0) is 41.7 Å². The smallest absolute Gasteiger partial charge is 0.186 e. The topological polar surface area (TPSA) is 36.4 Å². The van der Waals surface area contributed by atoms with Gasteiger partial charge in [0.25, 0.3) is 0 Å². The molecule has 0 saturated heterocycles. The second kappa shape index (κ2) is 8.95. The highest BCUT2D eigenvalue weighted by atomic mass is 32.1. The lowest BCUT2D eigenvalue weighted by atomic mass is 10.1. The first-order valence-corrected chi connectivity index (χ1v) is 7.88. The summed E-state index contributed by atoms with van der Waals surface area (Å²) in [6.07, 6.45) is 3.75. The fourth-order valence-electron chi connectivity index (χ4n) is 2.01. The van der Waals surface area contributed by atoms with E-state index in [4.69, 9.17) is 12.2 Å². The van der Waals surface area contributed by atoms with Crippen molar-refractivity contribution in [1.29, 1.82) is 0 Å². The molecule has 0 spiro atoms. The summed E-state index contributed by atoms with van der Waals surface area (Å²) in [7, 11) is 0. The largest absolute Gasteiger partial charge is 0.361 e. The van der Waals surface area contributed by atoms with E-state index in [0.29, 0.717) is 5.11 Å². The summed E-state index contributed by atoms with van der Waals surface area (Å²) in [4.78, 5) is 0. The van der Waals surface area contributed by atoms with Gasteiger partial charge in [0.2, 0.25) is 0 Å². The number of thiocarbonyl (C=S) groups is 1. The van der Waals surface area contributed by atoms with E-state index >= 15 is 0 Å². The summed E-state index contributed by atoms with van der Waals surface area (Å²) in [5, 5.41) is 7.83. The van der Waals surface area contributed by atoms with Gasteiger partial charge in [-0.1, -0.05) is 61.5 Å². The van der Waals surface area contributed by atoms with Crippen molar-refractivity contribution in [2.24, 2.45) is 5.10 Å². The molecule has 0 amide bonds. The van der Waals surface area contributed by atoms with Gasteiger partial charge in [0.15, 0.2) is 5.11 Å². The molecule has 0 aliphatic rings. The van der Waals surface area contributed by atoms with Crippen LogP contribution in [0.1, 0.15) is 23.6 Å². The Bertz CT molecular complexity index is 606. The molecule has 0 saturated carbocycles. The van der Waals surface area contributed by atoms with E-state index in [1.165, 1.54) is 11.1 Å². The van der Waals surface area contributed by atoms with E-state index in [-0.39, 0.29) is 0 Å². The van der Waals surface area contributed by atoms with Gasteiger partial charge in [0.05, 0.1) is 6.21 Å². The van der Waals surface area contributed by atoms with Gasteiger partial charge in [-0.15, -0.1) is 0 Å². The van der Waals surface area contributed by atoms with Gasteiger partial charge in [-0.25, -0.2) is 0 Å². The third-order valence-electron chi connectivity index (χ3n) is 3.31. The molecule has 2 aromatic rings. The zero-order valence-electron chi connectivity index (χ0n) is 12.8. The maximum absolute atomic E-state index is 5.19. The number of nitrogens with zero attached hydrogens (tertiary/aromatic N) is 1. The van der Waals surface area contributed by atoms with Gasteiger partial charge in [-0.2, -0.15) is 5.10 Å². The van der Waals surface area contributed by atoms with Crippen LogP contribution >= 0.6 is 12.2 Å². The lowest BCUT2D eigenvalue weighted by molar-refractivity contribution is 0.838. The van der Waals surface area contributed by atoms with Crippen molar-refractivity contribution in [3.63, 3.8) is 0 Å². The molecule has 0 aliphatic carbocycles. The zero-order valence-corrected chi connectivity index (χ0v) is 13.6. The van der Waals surface area contributed by atoms with Crippen molar-refractivity contribution >= 4 is 23.5 Å². The van der Waals surface area contributed by atoms with Crippen molar-refractivity contribution < 1.29 is 0 Å². The molecule has 2 rings (SSSR count). The molecule has 0 heterocycles. The predicted octanol–water partition coefficient (Wildman–Crippen LogP) is 3.29. The Kier molecular flexibility index (Phi) is 6.58. The van der Waals surface area contributed by atoms with E-state index in [0.717, 1.165) is 24.9 Å². The molecule has 0 atom stereocenters. The first-order valence-electron chi connectivity index (χ1n) is 7.47. The molecule has 22 heavy (non-hydrogen) atoms. The Balaban J connectivity index is 1.69. The van der Waals surface area contributed by atoms with Crippen LogP contribution in [-0.4, -0.2) is 17.9 Å². The maximum atomic E-state index is 5.19. The molecule has 0 fully saturated rings. The number of rotatable bonds is 6. The minimum Gasteiger partial charge on any atom is -0.361 e. The van der Waals surface area contributed by atoms with E-state index in [9.17, 15) is 0 Å². The Hall–Kier alpha value is -2.20. The minimum atomic E-state index is 0.539.